The van der Waals surface area contributed by atoms with Gasteiger partial charge in [0.05, 0.1) is 11.3 Å². The molecule has 1 aliphatic rings. The molecule has 0 spiro atoms. The Bertz CT molecular complexity index is 607. The van der Waals surface area contributed by atoms with Crippen LogP contribution in [0.2, 0.25) is 0 Å². The molecule has 0 saturated carbocycles. The number of nitrogens with zero attached hydrogens (tertiary/aromatic N) is 2. The third-order valence-corrected chi connectivity index (χ3v) is 3.74. The summed E-state index contributed by atoms with van der Waals surface area (Å²) in [5, 5.41) is 11.0. The Balaban J connectivity index is 2.25. The van der Waals surface area contributed by atoms with E-state index in [0.29, 0.717) is 5.69 Å². The van der Waals surface area contributed by atoms with Crippen molar-refractivity contribution in [2.24, 2.45) is 0 Å². The molecule has 1 heterocycles. The molecule has 0 aromatic heterocycles. The van der Waals surface area contributed by atoms with E-state index in [9.17, 15) is 23.2 Å². The number of piperidine rings is 1. The van der Waals surface area contributed by atoms with Crippen LogP contribution in [0.5, 0.6) is 0 Å². The molecule has 2 rings (SSSR count). The first-order chi connectivity index (χ1) is 10.3. The van der Waals surface area contributed by atoms with Gasteiger partial charge in [-0.25, -0.2) is 0 Å². The van der Waals surface area contributed by atoms with Crippen molar-refractivity contribution < 1.29 is 18.0 Å². The van der Waals surface area contributed by atoms with Gasteiger partial charge in [-0.1, -0.05) is 0 Å². The van der Waals surface area contributed by atoms with Gasteiger partial charge in [0.15, 0.2) is 0 Å². The predicted octanol–water partition coefficient (Wildman–Crippen LogP) is 3.44. The van der Waals surface area contributed by atoms with Crippen LogP contribution in [-0.4, -0.2) is 24.7 Å². The van der Waals surface area contributed by atoms with Crippen molar-refractivity contribution in [3.8, 4) is 6.07 Å². The summed E-state index contributed by atoms with van der Waals surface area (Å²) in [6, 6.07) is 6.52. The zero-order valence-electron chi connectivity index (χ0n) is 12.1. The lowest BCUT2D eigenvalue weighted by Gasteiger charge is -2.36. The number of rotatable bonds is 2. The standard InChI is InChI=1S/C15H16F3N3O/c1-10-4-2-3-7-21(10)13-6-5-12(8-11(13)9-19)20-14(22)15(16,17)18/h5-6,8,10H,2-4,7H2,1H3,(H,20,22). The molecule has 118 valence electrons. The second kappa shape index (κ2) is 6.26. The second-order valence-electron chi connectivity index (χ2n) is 5.33. The summed E-state index contributed by atoms with van der Waals surface area (Å²) in [6.07, 6.45) is -1.80. The molecule has 1 atom stereocenters. The summed E-state index contributed by atoms with van der Waals surface area (Å²) in [5.74, 6) is -2.05. The fourth-order valence-electron chi connectivity index (χ4n) is 2.61. The fourth-order valence-corrected chi connectivity index (χ4v) is 2.61. The van der Waals surface area contributed by atoms with Gasteiger partial charge in [-0.05, 0) is 44.4 Å². The van der Waals surface area contributed by atoms with E-state index in [1.165, 1.54) is 12.1 Å². The van der Waals surface area contributed by atoms with E-state index in [2.05, 4.69) is 11.8 Å². The van der Waals surface area contributed by atoms with Crippen molar-refractivity contribution in [2.75, 3.05) is 16.8 Å². The first-order valence-electron chi connectivity index (χ1n) is 7.02. The number of nitrogens with one attached hydrogen (secondary N) is 1. The van der Waals surface area contributed by atoms with Crippen LogP contribution in [-0.2, 0) is 4.79 Å². The smallest absolute Gasteiger partial charge is 0.368 e. The summed E-state index contributed by atoms with van der Waals surface area (Å²) < 4.78 is 36.8. The predicted molar refractivity (Wildman–Crippen MR) is 76.5 cm³/mol. The number of benzene rings is 1. The molecule has 1 N–H and O–H groups in total. The lowest BCUT2D eigenvalue weighted by molar-refractivity contribution is -0.167. The molecular formula is C15H16F3N3O. The number of amides is 1. The maximum Gasteiger partial charge on any atom is 0.471 e. The SMILES string of the molecule is CC1CCCCN1c1ccc(NC(=O)C(F)(F)F)cc1C#N. The number of carbonyl (C=O) groups excluding carboxylic acids is 1. The molecule has 1 amide bonds. The van der Waals surface area contributed by atoms with Gasteiger partial charge in [-0.3, -0.25) is 4.79 Å². The normalized spacial score (nSPS) is 18.7. The molecule has 1 unspecified atom stereocenters. The molecule has 1 aromatic rings. The number of hydrogen-bond acceptors (Lipinski definition) is 3. The van der Waals surface area contributed by atoms with Crippen molar-refractivity contribution >= 4 is 17.3 Å². The largest absolute Gasteiger partial charge is 0.471 e. The molecule has 1 saturated heterocycles. The topological polar surface area (TPSA) is 56.1 Å². The summed E-state index contributed by atoms with van der Waals surface area (Å²) >= 11 is 0. The summed E-state index contributed by atoms with van der Waals surface area (Å²) in [4.78, 5) is 13.0. The van der Waals surface area contributed by atoms with Crippen LogP contribution in [0.4, 0.5) is 24.5 Å². The minimum absolute atomic E-state index is 0.0349. The molecule has 0 radical (unpaired) electrons. The average molecular weight is 311 g/mol. The van der Waals surface area contributed by atoms with E-state index >= 15 is 0 Å². The third kappa shape index (κ3) is 3.50. The molecule has 1 aromatic carbocycles. The van der Waals surface area contributed by atoms with Gasteiger partial charge in [-0.2, -0.15) is 18.4 Å². The van der Waals surface area contributed by atoms with Crippen LogP contribution in [0, 0.1) is 11.3 Å². The number of halogens is 3. The van der Waals surface area contributed by atoms with Crippen LogP contribution in [0.1, 0.15) is 31.7 Å². The Hall–Kier alpha value is -2.23. The maximum atomic E-state index is 12.3. The average Bonchev–Trinajstić information content (AvgIpc) is 2.47. The quantitative estimate of drug-likeness (QED) is 0.910. The zero-order chi connectivity index (χ0) is 16.3. The van der Waals surface area contributed by atoms with Gasteiger partial charge in [0.25, 0.3) is 0 Å². The molecule has 0 bridgehead atoms. The minimum atomic E-state index is -4.95. The van der Waals surface area contributed by atoms with Crippen LogP contribution in [0.25, 0.3) is 0 Å². The molecule has 1 aliphatic heterocycles. The Morgan fingerprint density at radius 3 is 2.73 bits per heavy atom. The Kier molecular flexibility index (Phi) is 4.59. The minimum Gasteiger partial charge on any atom is -0.368 e. The van der Waals surface area contributed by atoms with Gasteiger partial charge in [0, 0.05) is 18.3 Å². The van der Waals surface area contributed by atoms with E-state index in [1.54, 1.807) is 11.4 Å². The number of alkyl halides is 3. The number of nitriles is 1. The Labute approximate surface area is 126 Å². The first kappa shape index (κ1) is 16.1. The monoisotopic (exact) mass is 311 g/mol. The molecule has 7 heteroatoms. The van der Waals surface area contributed by atoms with Crippen LogP contribution in [0.15, 0.2) is 18.2 Å². The maximum absolute atomic E-state index is 12.3. The van der Waals surface area contributed by atoms with Crippen LogP contribution >= 0.6 is 0 Å². The van der Waals surface area contributed by atoms with E-state index in [4.69, 9.17) is 0 Å². The van der Waals surface area contributed by atoms with Gasteiger partial charge < -0.3 is 10.2 Å². The molecular weight excluding hydrogens is 295 g/mol. The highest BCUT2D eigenvalue weighted by Crippen LogP contribution is 2.30. The summed E-state index contributed by atoms with van der Waals surface area (Å²) in [6.45, 7) is 2.86. The van der Waals surface area contributed by atoms with Crippen LogP contribution in [0.3, 0.4) is 0 Å². The highest BCUT2D eigenvalue weighted by atomic mass is 19.4. The van der Waals surface area contributed by atoms with Gasteiger partial charge >= 0.3 is 12.1 Å². The summed E-state index contributed by atoms with van der Waals surface area (Å²) in [7, 11) is 0. The highest BCUT2D eigenvalue weighted by molar-refractivity contribution is 5.95. The van der Waals surface area contributed by atoms with Crippen molar-refractivity contribution in [3.05, 3.63) is 23.8 Å². The first-order valence-corrected chi connectivity index (χ1v) is 7.02. The van der Waals surface area contributed by atoms with Crippen molar-refractivity contribution in [1.29, 1.82) is 5.26 Å². The third-order valence-electron chi connectivity index (χ3n) is 3.74. The van der Waals surface area contributed by atoms with Crippen LogP contribution < -0.4 is 10.2 Å². The molecule has 4 nitrogen and oxygen atoms in total. The molecule has 1 fully saturated rings. The summed E-state index contributed by atoms with van der Waals surface area (Å²) in [5.41, 5.74) is 0.917. The van der Waals surface area contributed by atoms with Gasteiger partial charge in [0.1, 0.15) is 6.07 Å². The van der Waals surface area contributed by atoms with Gasteiger partial charge in [-0.15, -0.1) is 0 Å². The van der Waals surface area contributed by atoms with Crippen molar-refractivity contribution in [2.45, 2.75) is 38.4 Å². The molecule has 0 aliphatic carbocycles. The van der Waals surface area contributed by atoms with E-state index in [1.807, 2.05) is 6.07 Å². The van der Waals surface area contributed by atoms with Gasteiger partial charge in [0.2, 0.25) is 0 Å². The lowest BCUT2D eigenvalue weighted by Crippen LogP contribution is -2.37. The fraction of sp³-hybridized carbons (Fsp3) is 0.467. The van der Waals surface area contributed by atoms with Crippen molar-refractivity contribution in [1.82, 2.24) is 0 Å². The molecule has 22 heavy (non-hydrogen) atoms. The lowest BCUT2D eigenvalue weighted by atomic mass is 10.0. The van der Waals surface area contributed by atoms with Crippen molar-refractivity contribution in [3.63, 3.8) is 0 Å². The second-order valence-corrected chi connectivity index (χ2v) is 5.33. The van der Waals surface area contributed by atoms with E-state index in [-0.39, 0.29) is 17.3 Å². The number of hydrogen-bond donors (Lipinski definition) is 1. The zero-order valence-corrected chi connectivity index (χ0v) is 12.1. The van der Waals surface area contributed by atoms with E-state index < -0.39 is 12.1 Å². The number of anilines is 2. The number of carbonyl (C=O) groups is 1. The highest BCUT2D eigenvalue weighted by Gasteiger charge is 2.38. The Morgan fingerprint density at radius 2 is 2.14 bits per heavy atom. The van der Waals surface area contributed by atoms with E-state index in [0.717, 1.165) is 25.8 Å². The Morgan fingerprint density at radius 1 is 1.41 bits per heavy atom.